The van der Waals surface area contributed by atoms with E-state index in [0.29, 0.717) is 17.0 Å². The molecule has 1 aliphatic rings. The van der Waals surface area contributed by atoms with Crippen LogP contribution < -0.4 is 4.72 Å². The molecule has 1 aliphatic heterocycles. The van der Waals surface area contributed by atoms with E-state index in [1.165, 1.54) is 23.5 Å². The number of rotatable bonds is 6. The summed E-state index contributed by atoms with van der Waals surface area (Å²) in [6.07, 6.45) is 7.47. The fourth-order valence-electron chi connectivity index (χ4n) is 3.85. The molecule has 0 radical (unpaired) electrons. The van der Waals surface area contributed by atoms with Gasteiger partial charge in [0.15, 0.2) is 5.82 Å². The molecule has 1 fully saturated rings. The molecule has 0 unspecified atom stereocenters. The summed E-state index contributed by atoms with van der Waals surface area (Å²) in [5.41, 5.74) is 2.31. The Hall–Kier alpha value is -3.24. The van der Waals surface area contributed by atoms with Gasteiger partial charge in [0.2, 0.25) is 0 Å². The average molecular weight is 438 g/mol. The minimum absolute atomic E-state index is 0.0645. The van der Waals surface area contributed by atoms with Crippen molar-refractivity contribution in [1.29, 1.82) is 0 Å². The molecule has 0 aliphatic carbocycles. The van der Waals surface area contributed by atoms with E-state index in [4.69, 9.17) is 0 Å². The molecule has 0 bridgehead atoms. The molecule has 1 atom stereocenters. The number of anilines is 1. The lowest BCUT2D eigenvalue weighted by molar-refractivity contribution is 0.128. The lowest BCUT2D eigenvalue weighted by Crippen LogP contribution is -2.39. The molecule has 4 heterocycles. The molecular formula is C21H23N7O2S. The lowest BCUT2D eigenvalue weighted by Gasteiger charge is -2.36. The highest BCUT2D eigenvalue weighted by Crippen LogP contribution is 2.27. The largest absolute Gasteiger partial charge is 0.297 e. The van der Waals surface area contributed by atoms with Crippen LogP contribution in [0.15, 0.2) is 60.0 Å². The Labute approximate surface area is 180 Å². The first-order valence-electron chi connectivity index (χ1n) is 10.1. The van der Waals surface area contributed by atoms with Crippen molar-refractivity contribution in [3.8, 4) is 5.82 Å². The summed E-state index contributed by atoms with van der Waals surface area (Å²) < 4.78 is 31.8. The number of aromatic nitrogens is 5. The Morgan fingerprint density at radius 3 is 2.74 bits per heavy atom. The van der Waals surface area contributed by atoms with Crippen LogP contribution in [0.1, 0.15) is 24.9 Å². The summed E-state index contributed by atoms with van der Waals surface area (Å²) in [5.74, 6) is 0.583. The van der Waals surface area contributed by atoms with Crippen molar-refractivity contribution in [2.24, 2.45) is 7.05 Å². The first kappa shape index (κ1) is 19.7. The molecule has 0 amide bonds. The maximum atomic E-state index is 13.0. The average Bonchev–Trinajstić information content (AvgIpc) is 3.35. The van der Waals surface area contributed by atoms with E-state index < -0.39 is 10.0 Å². The van der Waals surface area contributed by atoms with Crippen molar-refractivity contribution < 1.29 is 8.42 Å². The fraction of sp³-hybridized carbons (Fsp3) is 0.286. The summed E-state index contributed by atoms with van der Waals surface area (Å²) in [5, 5.41) is 9.31. The number of aryl methyl sites for hydroxylation is 1. The number of nitrogens with one attached hydrogen (secondary N) is 1. The first-order chi connectivity index (χ1) is 14.9. The number of benzene rings is 1. The number of pyridine rings is 1. The third-order valence-corrected chi connectivity index (χ3v) is 7.12. The van der Waals surface area contributed by atoms with E-state index in [-0.39, 0.29) is 10.9 Å². The van der Waals surface area contributed by atoms with Crippen LogP contribution >= 0.6 is 0 Å². The molecule has 3 aromatic heterocycles. The molecule has 1 aromatic carbocycles. The van der Waals surface area contributed by atoms with Crippen LogP contribution in [-0.4, -0.2) is 51.0 Å². The monoisotopic (exact) mass is 437 g/mol. The summed E-state index contributed by atoms with van der Waals surface area (Å²) in [4.78, 5) is 6.83. The van der Waals surface area contributed by atoms with Crippen LogP contribution in [0.3, 0.4) is 0 Å². The zero-order valence-electron chi connectivity index (χ0n) is 17.3. The summed E-state index contributed by atoms with van der Waals surface area (Å²) in [6, 6.07) is 9.63. The minimum Gasteiger partial charge on any atom is -0.297 e. The second-order valence-electron chi connectivity index (χ2n) is 7.75. The van der Waals surface area contributed by atoms with Gasteiger partial charge in [0.05, 0.1) is 29.8 Å². The van der Waals surface area contributed by atoms with E-state index in [1.807, 2.05) is 18.2 Å². The normalized spacial score (nSPS) is 15.7. The van der Waals surface area contributed by atoms with Crippen LogP contribution in [0.5, 0.6) is 0 Å². The van der Waals surface area contributed by atoms with Crippen LogP contribution in [0.2, 0.25) is 0 Å². The molecule has 5 rings (SSSR count). The van der Waals surface area contributed by atoms with Crippen molar-refractivity contribution in [2.45, 2.75) is 24.3 Å². The highest BCUT2D eigenvalue weighted by Gasteiger charge is 2.23. The highest BCUT2D eigenvalue weighted by molar-refractivity contribution is 7.92. The fourth-order valence-corrected chi connectivity index (χ4v) is 4.84. The maximum Gasteiger partial charge on any atom is 0.265 e. The zero-order chi connectivity index (χ0) is 21.6. The van der Waals surface area contributed by atoms with Crippen molar-refractivity contribution >= 4 is 26.6 Å². The van der Waals surface area contributed by atoms with E-state index in [9.17, 15) is 8.42 Å². The molecule has 1 saturated heterocycles. The standard InChI is InChI=1S/C21H23N7O2S/c1-15(27-9-4-10-27)16-7-8-22-20(11-16)28-14-18(13-24-28)31(29,30)25-19-6-3-5-17-12-23-26(2)21(17)19/h3,5-8,11-15,25H,4,9-10H2,1-2H3/t15-/m0/s1. The Bertz CT molecular complexity index is 1360. The van der Waals surface area contributed by atoms with Gasteiger partial charge in [-0.1, -0.05) is 12.1 Å². The van der Waals surface area contributed by atoms with Gasteiger partial charge in [-0.3, -0.25) is 14.3 Å². The summed E-state index contributed by atoms with van der Waals surface area (Å²) in [6.45, 7) is 4.36. The van der Waals surface area contributed by atoms with Crippen LogP contribution in [-0.2, 0) is 17.1 Å². The molecule has 0 saturated carbocycles. The van der Waals surface area contributed by atoms with Crippen molar-refractivity contribution in [2.75, 3.05) is 17.8 Å². The van der Waals surface area contributed by atoms with Gasteiger partial charge in [0, 0.05) is 24.7 Å². The molecular weight excluding hydrogens is 414 g/mol. The zero-order valence-corrected chi connectivity index (χ0v) is 18.1. The molecule has 10 heteroatoms. The van der Waals surface area contributed by atoms with Crippen molar-refractivity contribution in [1.82, 2.24) is 29.4 Å². The van der Waals surface area contributed by atoms with Gasteiger partial charge in [0.1, 0.15) is 4.90 Å². The maximum absolute atomic E-state index is 13.0. The smallest absolute Gasteiger partial charge is 0.265 e. The third-order valence-electron chi connectivity index (χ3n) is 5.80. The summed E-state index contributed by atoms with van der Waals surface area (Å²) >= 11 is 0. The summed E-state index contributed by atoms with van der Waals surface area (Å²) in [7, 11) is -2.06. The number of hydrogen-bond acceptors (Lipinski definition) is 6. The Balaban J connectivity index is 1.43. The van der Waals surface area contributed by atoms with Crippen molar-refractivity contribution in [3.05, 3.63) is 60.7 Å². The number of hydrogen-bond donors (Lipinski definition) is 1. The molecule has 0 spiro atoms. The topological polar surface area (TPSA) is 97.9 Å². The molecule has 9 nitrogen and oxygen atoms in total. The predicted molar refractivity (Wildman–Crippen MR) is 117 cm³/mol. The second kappa shape index (κ2) is 7.47. The number of likely N-dealkylation sites (tertiary alicyclic amines) is 1. The van der Waals surface area contributed by atoms with E-state index in [0.717, 1.165) is 24.0 Å². The Morgan fingerprint density at radius 1 is 1.13 bits per heavy atom. The van der Waals surface area contributed by atoms with E-state index in [2.05, 4.69) is 31.7 Å². The van der Waals surface area contributed by atoms with E-state index in [1.54, 1.807) is 36.3 Å². The van der Waals surface area contributed by atoms with Crippen LogP contribution in [0.25, 0.3) is 16.7 Å². The first-order valence-corrected chi connectivity index (χ1v) is 11.6. The minimum atomic E-state index is -3.83. The molecule has 1 N–H and O–H groups in total. The molecule has 4 aromatic rings. The number of para-hydroxylation sites is 1. The van der Waals surface area contributed by atoms with Gasteiger partial charge >= 0.3 is 0 Å². The second-order valence-corrected chi connectivity index (χ2v) is 9.43. The Kier molecular flexibility index (Phi) is 4.75. The van der Waals surface area contributed by atoms with E-state index >= 15 is 0 Å². The third kappa shape index (κ3) is 3.57. The van der Waals surface area contributed by atoms with Gasteiger partial charge in [-0.05, 0) is 50.2 Å². The predicted octanol–water partition coefficient (Wildman–Crippen LogP) is 2.72. The van der Waals surface area contributed by atoms with Crippen LogP contribution in [0.4, 0.5) is 5.69 Å². The highest BCUT2D eigenvalue weighted by atomic mass is 32.2. The van der Waals surface area contributed by atoms with Crippen LogP contribution in [0, 0.1) is 0 Å². The van der Waals surface area contributed by atoms with Gasteiger partial charge < -0.3 is 0 Å². The van der Waals surface area contributed by atoms with Crippen molar-refractivity contribution in [3.63, 3.8) is 0 Å². The quantitative estimate of drug-likeness (QED) is 0.498. The molecule has 160 valence electrons. The van der Waals surface area contributed by atoms with Gasteiger partial charge in [-0.15, -0.1) is 0 Å². The Morgan fingerprint density at radius 2 is 1.97 bits per heavy atom. The molecule has 31 heavy (non-hydrogen) atoms. The number of fused-ring (bicyclic) bond motifs is 1. The number of nitrogens with zero attached hydrogens (tertiary/aromatic N) is 6. The number of sulfonamides is 1. The van der Waals surface area contributed by atoms with Gasteiger partial charge in [-0.2, -0.15) is 10.2 Å². The lowest BCUT2D eigenvalue weighted by atomic mass is 10.0. The van der Waals surface area contributed by atoms with Gasteiger partial charge in [0.25, 0.3) is 10.0 Å². The van der Waals surface area contributed by atoms with Gasteiger partial charge in [-0.25, -0.2) is 18.1 Å². The SMILES string of the molecule is C[C@@H](c1ccnc(-n2cc(S(=O)(=O)Nc3cccc4cnn(C)c34)cn2)c1)N1CCC1.